The van der Waals surface area contributed by atoms with Gasteiger partial charge in [-0.2, -0.15) is 0 Å². The highest BCUT2D eigenvalue weighted by molar-refractivity contribution is 6.60. The van der Waals surface area contributed by atoms with Gasteiger partial charge in [0.2, 0.25) is 0 Å². The van der Waals surface area contributed by atoms with E-state index >= 15 is 0 Å². The molecule has 0 aliphatic carbocycles. The lowest BCUT2D eigenvalue weighted by Crippen LogP contribution is -2.45. The summed E-state index contributed by atoms with van der Waals surface area (Å²) < 4.78 is 37.1. The number of carbonyl (C=O) groups is 1. The summed E-state index contributed by atoms with van der Waals surface area (Å²) >= 11 is 0. The highest BCUT2D eigenvalue weighted by atomic mass is 28.4. The van der Waals surface area contributed by atoms with Crippen LogP contribution in [0.15, 0.2) is 24.3 Å². The molecule has 0 saturated carbocycles. The lowest BCUT2D eigenvalue weighted by atomic mass is 10.1. The molecule has 1 aromatic carbocycles. The zero-order chi connectivity index (χ0) is 23.0. The van der Waals surface area contributed by atoms with Gasteiger partial charge in [0.15, 0.2) is 11.6 Å². The third-order valence-corrected chi connectivity index (χ3v) is 7.75. The van der Waals surface area contributed by atoms with E-state index in [1.54, 1.807) is 6.07 Å². The van der Waals surface area contributed by atoms with Crippen molar-refractivity contribution in [3.05, 3.63) is 35.7 Å². The van der Waals surface area contributed by atoms with Gasteiger partial charge in [-0.15, -0.1) is 0 Å². The van der Waals surface area contributed by atoms with Gasteiger partial charge in [-0.1, -0.05) is 31.7 Å². The molecule has 31 heavy (non-hydrogen) atoms. The predicted octanol–water partition coefficient (Wildman–Crippen LogP) is 5.69. The topological polar surface area (TPSA) is 74.2 Å². The van der Waals surface area contributed by atoms with Gasteiger partial charge in [0.25, 0.3) is 0 Å². The van der Waals surface area contributed by atoms with E-state index in [4.69, 9.17) is 23.1 Å². The minimum atomic E-state index is -2.52. The van der Waals surface area contributed by atoms with Gasteiger partial charge in [-0.05, 0) is 57.4 Å². The zero-order valence-corrected chi connectivity index (χ0v) is 20.0. The molecule has 176 valence electrons. The second-order valence-electron chi connectivity index (χ2n) is 7.06. The Morgan fingerprint density at radius 3 is 2.10 bits per heavy atom. The van der Waals surface area contributed by atoms with E-state index in [0.717, 1.165) is 50.6 Å². The maximum atomic E-state index is 14.0. The molecule has 0 fully saturated rings. The molecule has 0 spiro atoms. The minimum absolute atomic E-state index is 0.191. The summed E-state index contributed by atoms with van der Waals surface area (Å²) in [7, 11) is -2.52. The summed E-state index contributed by atoms with van der Waals surface area (Å²) in [6.45, 7) is 8.18. The molecular weight excluding hydrogens is 419 g/mol. The van der Waals surface area contributed by atoms with Gasteiger partial charge in [0.05, 0.1) is 6.61 Å². The van der Waals surface area contributed by atoms with Crippen LogP contribution in [0.1, 0.15) is 64.9 Å². The van der Waals surface area contributed by atoms with E-state index in [1.807, 2.05) is 20.8 Å². The summed E-state index contributed by atoms with van der Waals surface area (Å²) in [6.07, 6.45) is 8.53. The van der Waals surface area contributed by atoms with Crippen molar-refractivity contribution < 1.29 is 32.3 Å². The van der Waals surface area contributed by atoms with Crippen LogP contribution < -0.4 is 4.74 Å². The molecule has 8 heteroatoms. The first kappa shape index (κ1) is 27.3. The van der Waals surface area contributed by atoms with Crippen molar-refractivity contribution in [3.63, 3.8) is 0 Å². The maximum Gasteiger partial charge on any atom is 0.500 e. The van der Waals surface area contributed by atoms with Crippen molar-refractivity contribution in [2.24, 2.45) is 0 Å². The fourth-order valence-corrected chi connectivity index (χ4v) is 5.92. The third-order valence-electron chi connectivity index (χ3n) is 4.60. The number of rotatable bonds is 18. The van der Waals surface area contributed by atoms with Gasteiger partial charge >= 0.3 is 14.8 Å². The molecule has 0 aliphatic rings. The summed E-state index contributed by atoms with van der Waals surface area (Å²) in [5.74, 6) is -1.37. The molecule has 1 N–H and O–H groups in total. The van der Waals surface area contributed by atoms with E-state index in [9.17, 15) is 9.18 Å². The molecule has 0 unspecified atom stereocenters. The van der Waals surface area contributed by atoms with Crippen LogP contribution >= 0.6 is 0 Å². The fourth-order valence-electron chi connectivity index (χ4n) is 3.24. The normalized spacial score (nSPS) is 11.9. The van der Waals surface area contributed by atoms with Crippen LogP contribution in [0.2, 0.25) is 6.04 Å². The van der Waals surface area contributed by atoms with Crippen LogP contribution in [-0.4, -0.2) is 46.3 Å². The summed E-state index contributed by atoms with van der Waals surface area (Å²) in [4.78, 5) is 10.5. The number of carboxylic acids is 1. The highest BCUT2D eigenvalue weighted by Crippen LogP contribution is 2.22. The zero-order valence-electron chi connectivity index (χ0n) is 19.0. The number of hydrogen-bond donors (Lipinski definition) is 1. The van der Waals surface area contributed by atoms with Crippen LogP contribution in [0.25, 0.3) is 6.08 Å². The smallest absolute Gasteiger partial charge is 0.491 e. The maximum absolute atomic E-state index is 14.0. The number of carboxylic acid groups (broad SMARTS) is 1. The second kappa shape index (κ2) is 16.0. The van der Waals surface area contributed by atoms with Crippen molar-refractivity contribution in [1.29, 1.82) is 0 Å². The van der Waals surface area contributed by atoms with E-state index in [0.29, 0.717) is 32.0 Å². The van der Waals surface area contributed by atoms with E-state index < -0.39 is 20.6 Å². The molecule has 0 heterocycles. The summed E-state index contributed by atoms with van der Waals surface area (Å²) in [5.41, 5.74) is 0.484. The van der Waals surface area contributed by atoms with Gasteiger partial charge in [0.1, 0.15) is 0 Å². The standard InChI is InChI=1S/C23H37FO6Si/c1-4-28-31(29-5-2,30-6-3)18-12-10-8-7-9-11-17-27-22-15-13-20(19-21(22)24)14-16-23(25)26/h13-16,19H,4-12,17-18H2,1-3H3,(H,25,26)/b16-14+. The van der Waals surface area contributed by atoms with Crippen LogP contribution in [0.3, 0.4) is 0 Å². The van der Waals surface area contributed by atoms with Gasteiger partial charge in [-0.3, -0.25) is 0 Å². The summed E-state index contributed by atoms with van der Waals surface area (Å²) in [6, 6.07) is 5.28. The van der Waals surface area contributed by atoms with E-state index in [1.165, 1.54) is 18.2 Å². The average Bonchev–Trinajstić information content (AvgIpc) is 2.72. The molecule has 0 aliphatic heterocycles. The second-order valence-corrected chi connectivity index (χ2v) is 9.80. The number of ether oxygens (including phenoxy) is 1. The molecular formula is C23H37FO6Si. The van der Waals surface area contributed by atoms with Crippen LogP contribution in [-0.2, 0) is 18.1 Å². The first-order valence-corrected chi connectivity index (χ1v) is 13.1. The molecule has 0 amide bonds. The largest absolute Gasteiger partial charge is 0.500 e. The molecule has 0 radical (unpaired) electrons. The Labute approximate surface area is 186 Å². The number of halogens is 1. The molecule has 1 aromatic rings. The van der Waals surface area contributed by atoms with E-state index in [2.05, 4.69) is 0 Å². The van der Waals surface area contributed by atoms with Crippen molar-refractivity contribution in [2.75, 3.05) is 26.4 Å². The van der Waals surface area contributed by atoms with Crippen LogP contribution in [0.4, 0.5) is 4.39 Å². The van der Waals surface area contributed by atoms with Gasteiger partial charge in [0, 0.05) is 31.9 Å². The lowest BCUT2D eigenvalue weighted by Gasteiger charge is -2.28. The number of benzene rings is 1. The van der Waals surface area contributed by atoms with Gasteiger partial charge in [-0.25, -0.2) is 9.18 Å². The van der Waals surface area contributed by atoms with Crippen LogP contribution in [0, 0.1) is 5.82 Å². The predicted molar refractivity (Wildman–Crippen MR) is 122 cm³/mol. The minimum Gasteiger partial charge on any atom is -0.491 e. The van der Waals surface area contributed by atoms with Gasteiger partial charge < -0.3 is 23.1 Å². The lowest BCUT2D eigenvalue weighted by molar-refractivity contribution is -0.131. The van der Waals surface area contributed by atoms with Crippen molar-refractivity contribution in [2.45, 2.75) is 65.3 Å². The molecule has 6 nitrogen and oxygen atoms in total. The number of aliphatic carboxylic acids is 1. The Morgan fingerprint density at radius 1 is 0.968 bits per heavy atom. The Balaban J connectivity index is 2.22. The van der Waals surface area contributed by atoms with Crippen molar-refractivity contribution in [3.8, 4) is 5.75 Å². The molecule has 1 rings (SSSR count). The van der Waals surface area contributed by atoms with Crippen molar-refractivity contribution in [1.82, 2.24) is 0 Å². The molecule has 0 atom stereocenters. The quantitative estimate of drug-likeness (QED) is 0.174. The third kappa shape index (κ3) is 11.4. The molecule has 0 bridgehead atoms. The first-order chi connectivity index (χ1) is 15.0. The average molecular weight is 457 g/mol. The van der Waals surface area contributed by atoms with E-state index in [-0.39, 0.29) is 5.75 Å². The summed E-state index contributed by atoms with van der Waals surface area (Å²) in [5, 5.41) is 8.61. The monoisotopic (exact) mass is 456 g/mol. The van der Waals surface area contributed by atoms with Crippen LogP contribution in [0.5, 0.6) is 5.75 Å². The highest BCUT2D eigenvalue weighted by Gasteiger charge is 2.39. The fraction of sp³-hybridized carbons (Fsp3) is 0.609. The SMILES string of the molecule is CCO[Si](CCCCCCCCOc1ccc(/C=C/C(=O)O)cc1F)(OCC)OCC. The van der Waals surface area contributed by atoms with Crippen molar-refractivity contribution >= 4 is 20.8 Å². The Kier molecular flexibility index (Phi) is 14.1. The molecule has 0 saturated heterocycles. The molecule has 0 aromatic heterocycles. The Morgan fingerprint density at radius 2 is 1.55 bits per heavy atom. The number of unbranched alkanes of at least 4 members (excludes halogenated alkanes) is 5. The number of hydrogen-bond acceptors (Lipinski definition) is 5. The Bertz CT molecular complexity index is 650. The first-order valence-electron chi connectivity index (χ1n) is 11.2. The Hall–Kier alpha value is -1.74.